The molecule has 0 radical (unpaired) electrons. The number of nitrogens with one attached hydrogen (secondary N) is 1. The highest BCUT2D eigenvalue weighted by Gasteiger charge is 2.08. The molecule has 1 N–H and O–H groups in total. The van der Waals surface area contributed by atoms with Crippen molar-refractivity contribution >= 4 is 10.9 Å². The van der Waals surface area contributed by atoms with Crippen LogP contribution in [0.2, 0.25) is 0 Å². The molecule has 0 amide bonds. The lowest BCUT2D eigenvalue weighted by Gasteiger charge is -2.17. The van der Waals surface area contributed by atoms with Gasteiger partial charge in [0.15, 0.2) is 0 Å². The Hall–Kier alpha value is -2.66. The maximum atomic E-state index is 12.5. The predicted octanol–water partition coefficient (Wildman–Crippen LogP) is 2.25. The molecular formula is C20H23N3O2. The zero-order valence-electron chi connectivity index (χ0n) is 14.4. The number of benzene rings is 2. The molecular weight excluding hydrogens is 314 g/mol. The van der Waals surface area contributed by atoms with Crippen molar-refractivity contribution in [2.75, 3.05) is 20.1 Å². The van der Waals surface area contributed by atoms with E-state index in [1.54, 1.807) is 12.1 Å². The molecule has 1 heterocycles. The van der Waals surface area contributed by atoms with Gasteiger partial charge in [-0.25, -0.2) is 4.79 Å². The molecule has 0 aliphatic carbocycles. The summed E-state index contributed by atoms with van der Waals surface area (Å²) in [5.74, 6) is 0. The fourth-order valence-electron chi connectivity index (χ4n) is 2.98. The van der Waals surface area contributed by atoms with E-state index in [1.807, 2.05) is 25.2 Å². The minimum atomic E-state index is -0.346. The molecule has 3 rings (SSSR count). The maximum Gasteiger partial charge on any atom is 0.328 e. The Labute approximate surface area is 146 Å². The van der Waals surface area contributed by atoms with Crippen molar-refractivity contribution in [3.63, 3.8) is 0 Å². The van der Waals surface area contributed by atoms with E-state index in [0.29, 0.717) is 24.0 Å². The molecule has 2 aromatic carbocycles. The van der Waals surface area contributed by atoms with Gasteiger partial charge in [-0.05, 0) is 44.1 Å². The quantitative estimate of drug-likeness (QED) is 0.719. The zero-order valence-corrected chi connectivity index (χ0v) is 14.4. The molecule has 0 aliphatic heterocycles. The summed E-state index contributed by atoms with van der Waals surface area (Å²) in [6.07, 6.45) is 2.07. The smallest absolute Gasteiger partial charge is 0.307 e. The van der Waals surface area contributed by atoms with Crippen LogP contribution in [-0.4, -0.2) is 34.6 Å². The number of nitrogens with zero attached hydrogens (tertiary/aromatic N) is 2. The van der Waals surface area contributed by atoms with Gasteiger partial charge in [-0.15, -0.1) is 0 Å². The van der Waals surface area contributed by atoms with Gasteiger partial charge in [-0.1, -0.05) is 42.5 Å². The Morgan fingerprint density at radius 2 is 1.68 bits per heavy atom. The molecule has 0 bridgehead atoms. The van der Waals surface area contributed by atoms with Crippen molar-refractivity contribution in [3.05, 3.63) is 81.0 Å². The van der Waals surface area contributed by atoms with E-state index in [-0.39, 0.29) is 11.2 Å². The van der Waals surface area contributed by atoms with Gasteiger partial charge in [0, 0.05) is 13.1 Å². The third-order valence-corrected chi connectivity index (χ3v) is 4.44. The number of hydrogen-bond donors (Lipinski definition) is 1. The second-order valence-electron chi connectivity index (χ2n) is 6.32. The second-order valence-corrected chi connectivity index (χ2v) is 6.32. The van der Waals surface area contributed by atoms with Crippen LogP contribution in [0.15, 0.2) is 64.2 Å². The highest BCUT2D eigenvalue weighted by molar-refractivity contribution is 5.76. The molecule has 130 valence electrons. The van der Waals surface area contributed by atoms with Gasteiger partial charge in [-0.2, -0.15) is 0 Å². The lowest BCUT2D eigenvalue weighted by Crippen LogP contribution is -2.38. The van der Waals surface area contributed by atoms with Crippen LogP contribution in [-0.2, 0) is 13.0 Å². The summed E-state index contributed by atoms with van der Waals surface area (Å²) >= 11 is 0. The van der Waals surface area contributed by atoms with Crippen LogP contribution in [0, 0.1) is 0 Å². The van der Waals surface area contributed by atoms with Crippen LogP contribution in [0.5, 0.6) is 0 Å². The zero-order chi connectivity index (χ0) is 17.6. The Balaban J connectivity index is 1.59. The van der Waals surface area contributed by atoms with Crippen LogP contribution < -0.4 is 11.2 Å². The Morgan fingerprint density at radius 1 is 0.960 bits per heavy atom. The summed E-state index contributed by atoms with van der Waals surface area (Å²) in [4.78, 5) is 29.6. The topological polar surface area (TPSA) is 58.1 Å². The highest BCUT2D eigenvalue weighted by Crippen LogP contribution is 2.04. The molecule has 0 spiro atoms. The fraction of sp³-hybridized carbons (Fsp3) is 0.300. The van der Waals surface area contributed by atoms with Gasteiger partial charge in [0.1, 0.15) is 0 Å². The number of hydrogen-bond acceptors (Lipinski definition) is 3. The number of aryl methyl sites for hydroxylation is 1. The summed E-state index contributed by atoms with van der Waals surface area (Å²) in [7, 11) is 2.02. The monoisotopic (exact) mass is 337 g/mol. The second kappa shape index (κ2) is 7.94. The normalized spacial score (nSPS) is 11.3. The van der Waals surface area contributed by atoms with Crippen LogP contribution >= 0.6 is 0 Å². The number of para-hydroxylation sites is 1. The first kappa shape index (κ1) is 17.2. The summed E-state index contributed by atoms with van der Waals surface area (Å²) in [5, 5.41) is 0.550. The van der Waals surface area contributed by atoms with E-state index in [9.17, 15) is 9.59 Å². The van der Waals surface area contributed by atoms with Crippen molar-refractivity contribution in [2.24, 2.45) is 0 Å². The van der Waals surface area contributed by atoms with Gasteiger partial charge in [0.25, 0.3) is 5.56 Å². The van der Waals surface area contributed by atoms with E-state index in [0.717, 1.165) is 19.4 Å². The Kier molecular flexibility index (Phi) is 5.46. The first-order chi connectivity index (χ1) is 12.1. The standard InChI is InChI=1S/C20H23N3O2/c1-22(13-7-10-16-8-3-2-4-9-16)14-15-23-19(24)17-11-5-6-12-18(17)21-20(23)25/h2-6,8-9,11-12H,7,10,13-15H2,1H3,(H,21,25). The molecule has 5 heteroatoms. The average Bonchev–Trinajstić information content (AvgIpc) is 2.62. The minimum absolute atomic E-state index is 0.225. The molecule has 25 heavy (non-hydrogen) atoms. The van der Waals surface area contributed by atoms with Crippen LogP contribution in [0.3, 0.4) is 0 Å². The van der Waals surface area contributed by atoms with Gasteiger partial charge in [-0.3, -0.25) is 9.36 Å². The van der Waals surface area contributed by atoms with E-state index < -0.39 is 0 Å². The first-order valence-corrected chi connectivity index (χ1v) is 8.59. The van der Waals surface area contributed by atoms with Crippen molar-refractivity contribution in [1.82, 2.24) is 14.5 Å². The van der Waals surface area contributed by atoms with E-state index in [4.69, 9.17) is 0 Å². The third-order valence-electron chi connectivity index (χ3n) is 4.44. The van der Waals surface area contributed by atoms with Crippen LogP contribution in [0.25, 0.3) is 10.9 Å². The van der Waals surface area contributed by atoms with E-state index >= 15 is 0 Å². The maximum absolute atomic E-state index is 12.5. The number of aromatic nitrogens is 2. The SMILES string of the molecule is CN(CCCc1ccccc1)CCn1c(=O)[nH]c2ccccc2c1=O. The average molecular weight is 337 g/mol. The van der Waals surface area contributed by atoms with E-state index in [1.165, 1.54) is 10.1 Å². The van der Waals surface area contributed by atoms with E-state index in [2.05, 4.69) is 34.1 Å². The molecule has 1 aromatic heterocycles. The van der Waals surface area contributed by atoms with Gasteiger partial charge in [0.2, 0.25) is 0 Å². The molecule has 0 unspecified atom stereocenters. The summed E-state index contributed by atoms with van der Waals surface area (Å²) in [6.45, 7) is 1.98. The Morgan fingerprint density at radius 3 is 2.48 bits per heavy atom. The molecule has 0 atom stereocenters. The van der Waals surface area contributed by atoms with Crippen molar-refractivity contribution in [3.8, 4) is 0 Å². The number of rotatable bonds is 7. The van der Waals surface area contributed by atoms with Crippen molar-refractivity contribution < 1.29 is 0 Å². The molecule has 0 aliphatic rings. The lowest BCUT2D eigenvalue weighted by molar-refractivity contribution is 0.311. The molecule has 0 fully saturated rings. The van der Waals surface area contributed by atoms with Gasteiger partial charge >= 0.3 is 5.69 Å². The largest absolute Gasteiger partial charge is 0.328 e. The minimum Gasteiger partial charge on any atom is -0.307 e. The number of fused-ring (bicyclic) bond motifs is 1. The summed E-state index contributed by atoms with van der Waals surface area (Å²) < 4.78 is 1.29. The third kappa shape index (κ3) is 4.25. The van der Waals surface area contributed by atoms with Crippen LogP contribution in [0.4, 0.5) is 0 Å². The predicted molar refractivity (Wildman–Crippen MR) is 101 cm³/mol. The highest BCUT2D eigenvalue weighted by atomic mass is 16.2. The number of likely N-dealkylation sites (N-methyl/N-ethyl adjacent to an activating group) is 1. The van der Waals surface area contributed by atoms with Crippen LogP contribution in [0.1, 0.15) is 12.0 Å². The molecule has 0 saturated carbocycles. The molecule has 3 aromatic rings. The first-order valence-electron chi connectivity index (χ1n) is 8.59. The Bertz CT molecular complexity index is 944. The molecule has 5 nitrogen and oxygen atoms in total. The van der Waals surface area contributed by atoms with Gasteiger partial charge in [0.05, 0.1) is 10.9 Å². The molecule has 0 saturated heterocycles. The fourth-order valence-corrected chi connectivity index (χ4v) is 2.98. The summed E-state index contributed by atoms with van der Waals surface area (Å²) in [6, 6.07) is 17.5. The number of aromatic amines is 1. The number of H-pyrrole nitrogens is 1. The van der Waals surface area contributed by atoms with Gasteiger partial charge < -0.3 is 9.88 Å². The lowest BCUT2D eigenvalue weighted by atomic mass is 10.1. The van der Waals surface area contributed by atoms with Crippen molar-refractivity contribution in [1.29, 1.82) is 0 Å². The van der Waals surface area contributed by atoms with Crippen molar-refractivity contribution in [2.45, 2.75) is 19.4 Å². The summed E-state index contributed by atoms with van der Waals surface area (Å²) in [5.41, 5.74) is 1.35.